The van der Waals surface area contributed by atoms with E-state index in [1.807, 2.05) is 24.3 Å². The Hall–Kier alpha value is -0.640. The summed E-state index contributed by atoms with van der Waals surface area (Å²) < 4.78 is 0. The number of nitrogens with two attached hydrogens (primary N) is 1. The molecule has 0 heterocycles. The fraction of sp³-hybridized carbons (Fsp3) is 0.250. The van der Waals surface area contributed by atoms with Gasteiger partial charge in [0.2, 0.25) is 0 Å². The van der Waals surface area contributed by atoms with E-state index in [0.717, 1.165) is 5.69 Å². The average molecular weight is 225 g/mol. The summed E-state index contributed by atoms with van der Waals surface area (Å²) in [5.41, 5.74) is 7.20. The molecular formula is C8H14Cl2N2O. The first-order valence-electron chi connectivity index (χ1n) is 3.54. The first-order chi connectivity index (χ1) is 5.34. The van der Waals surface area contributed by atoms with Crippen LogP contribution in [0.1, 0.15) is 0 Å². The van der Waals surface area contributed by atoms with Gasteiger partial charge < -0.3 is 16.2 Å². The van der Waals surface area contributed by atoms with Crippen molar-refractivity contribution in [3.8, 4) is 0 Å². The van der Waals surface area contributed by atoms with E-state index in [9.17, 15) is 0 Å². The Morgan fingerprint density at radius 3 is 2.38 bits per heavy atom. The van der Waals surface area contributed by atoms with E-state index < -0.39 is 0 Å². The number of para-hydroxylation sites is 2. The van der Waals surface area contributed by atoms with E-state index in [1.54, 1.807) is 0 Å². The van der Waals surface area contributed by atoms with Crippen LogP contribution < -0.4 is 11.1 Å². The third kappa shape index (κ3) is 4.83. The topological polar surface area (TPSA) is 58.3 Å². The van der Waals surface area contributed by atoms with Crippen LogP contribution in [0.25, 0.3) is 0 Å². The normalized spacial score (nSPS) is 8.08. The Morgan fingerprint density at radius 1 is 1.23 bits per heavy atom. The van der Waals surface area contributed by atoms with Gasteiger partial charge >= 0.3 is 0 Å². The SMILES string of the molecule is Cl.Cl.Nc1ccccc1NCCO. The van der Waals surface area contributed by atoms with Gasteiger partial charge in [-0.2, -0.15) is 0 Å². The van der Waals surface area contributed by atoms with Crippen molar-refractivity contribution in [2.45, 2.75) is 0 Å². The van der Waals surface area contributed by atoms with Gasteiger partial charge in [-0.05, 0) is 12.1 Å². The molecule has 0 radical (unpaired) electrons. The van der Waals surface area contributed by atoms with E-state index in [-0.39, 0.29) is 31.4 Å². The number of aliphatic hydroxyl groups excluding tert-OH is 1. The van der Waals surface area contributed by atoms with Crippen LogP contribution in [-0.2, 0) is 0 Å². The van der Waals surface area contributed by atoms with Crippen molar-refractivity contribution in [2.75, 3.05) is 24.2 Å². The molecule has 1 aromatic rings. The van der Waals surface area contributed by atoms with Gasteiger partial charge in [0, 0.05) is 6.54 Å². The molecule has 0 aromatic heterocycles. The molecule has 0 fully saturated rings. The van der Waals surface area contributed by atoms with Crippen LogP contribution in [-0.4, -0.2) is 18.3 Å². The maximum Gasteiger partial charge on any atom is 0.0604 e. The predicted octanol–water partition coefficient (Wildman–Crippen LogP) is 1.52. The van der Waals surface area contributed by atoms with Crippen LogP contribution in [0.4, 0.5) is 11.4 Å². The van der Waals surface area contributed by atoms with E-state index in [1.165, 1.54) is 0 Å². The molecule has 0 saturated carbocycles. The number of nitrogen functional groups attached to an aromatic ring is 1. The Kier molecular flexibility index (Phi) is 9.12. The van der Waals surface area contributed by atoms with Gasteiger partial charge in [-0.15, -0.1) is 24.8 Å². The van der Waals surface area contributed by atoms with E-state index >= 15 is 0 Å². The molecule has 0 saturated heterocycles. The standard InChI is InChI=1S/C8H12N2O.2ClH/c9-7-3-1-2-4-8(7)10-5-6-11;;/h1-4,10-11H,5-6,9H2;2*1H. The van der Waals surface area contributed by atoms with Gasteiger partial charge in [-0.25, -0.2) is 0 Å². The van der Waals surface area contributed by atoms with Crippen molar-refractivity contribution in [1.82, 2.24) is 0 Å². The Balaban J connectivity index is 0. The molecular weight excluding hydrogens is 211 g/mol. The maximum atomic E-state index is 8.52. The second-order valence-electron chi connectivity index (χ2n) is 2.24. The van der Waals surface area contributed by atoms with Gasteiger partial charge in [0.25, 0.3) is 0 Å². The van der Waals surface area contributed by atoms with Crippen LogP contribution in [0.3, 0.4) is 0 Å². The smallest absolute Gasteiger partial charge is 0.0604 e. The third-order valence-corrected chi connectivity index (χ3v) is 1.39. The highest BCUT2D eigenvalue weighted by Gasteiger charge is 1.93. The van der Waals surface area contributed by atoms with Crippen LogP contribution in [0, 0.1) is 0 Å². The van der Waals surface area contributed by atoms with Crippen LogP contribution in [0.2, 0.25) is 0 Å². The molecule has 5 heteroatoms. The molecule has 0 spiro atoms. The zero-order valence-corrected chi connectivity index (χ0v) is 8.70. The molecule has 0 aliphatic heterocycles. The second-order valence-corrected chi connectivity index (χ2v) is 2.24. The fourth-order valence-electron chi connectivity index (χ4n) is 0.849. The van der Waals surface area contributed by atoms with Crippen molar-refractivity contribution >= 4 is 36.2 Å². The lowest BCUT2D eigenvalue weighted by Gasteiger charge is -2.06. The van der Waals surface area contributed by atoms with Crippen LogP contribution >= 0.6 is 24.8 Å². The summed E-state index contributed by atoms with van der Waals surface area (Å²) in [6.07, 6.45) is 0. The summed E-state index contributed by atoms with van der Waals surface area (Å²) in [6.45, 7) is 0.655. The first-order valence-corrected chi connectivity index (χ1v) is 3.54. The Labute approximate surface area is 90.2 Å². The Morgan fingerprint density at radius 2 is 1.85 bits per heavy atom. The summed E-state index contributed by atoms with van der Waals surface area (Å²) in [7, 11) is 0. The fourth-order valence-corrected chi connectivity index (χ4v) is 0.849. The molecule has 0 aliphatic rings. The number of hydrogen-bond acceptors (Lipinski definition) is 3. The zero-order valence-electron chi connectivity index (χ0n) is 7.06. The monoisotopic (exact) mass is 224 g/mol. The highest BCUT2D eigenvalue weighted by molar-refractivity contribution is 5.85. The summed E-state index contributed by atoms with van der Waals surface area (Å²) in [5, 5.41) is 11.5. The third-order valence-electron chi connectivity index (χ3n) is 1.39. The minimum Gasteiger partial charge on any atom is -0.397 e. The van der Waals surface area contributed by atoms with Crippen molar-refractivity contribution in [2.24, 2.45) is 0 Å². The average Bonchev–Trinajstić information content (AvgIpc) is 2.03. The highest BCUT2D eigenvalue weighted by atomic mass is 35.5. The zero-order chi connectivity index (χ0) is 8.10. The molecule has 3 nitrogen and oxygen atoms in total. The number of aliphatic hydroxyl groups is 1. The van der Waals surface area contributed by atoms with Crippen molar-refractivity contribution < 1.29 is 5.11 Å². The summed E-state index contributed by atoms with van der Waals surface area (Å²) >= 11 is 0. The molecule has 0 unspecified atom stereocenters. The molecule has 0 aliphatic carbocycles. The van der Waals surface area contributed by atoms with Crippen molar-refractivity contribution in [1.29, 1.82) is 0 Å². The van der Waals surface area contributed by atoms with Gasteiger partial charge in [-0.1, -0.05) is 12.1 Å². The molecule has 0 bridgehead atoms. The largest absolute Gasteiger partial charge is 0.397 e. The number of anilines is 2. The number of nitrogens with one attached hydrogen (secondary N) is 1. The number of hydrogen-bond donors (Lipinski definition) is 3. The Bertz CT molecular complexity index is 233. The van der Waals surface area contributed by atoms with Crippen molar-refractivity contribution in [3.63, 3.8) is 0 Å². The number of halogens is 2. The lowest BCUT2D eigenvalue weighted by atomic mass is 10.3. The maximum absolute atomic E-state index is 8.52. The minimum atomic E-state index is 0. The van der Waals surface area contributed by atoms with E-state index in [4.69, 9.17) is 10.8 Å². The molecule has 1 rings (SSSR count). The highest BCUT2D eigenvalue weighted by Crippen LogP contribution is 2.15. The molecule has 1 aromatic carbocycles. The molecule has 13 heavy (non-hydrogen) atoms. The molecule has 0 atom stereocenters. The van der Waals surface area contributed by atoms with Gasteiger partial charge in [0.15, 0.2) is 0 Å². The second kappa shape index (κ2) is 7.98. The first kappa shape index (κ1) is 14.9. The lowest BCUT2D eigenvalue weighted by molar-refractivity contribution is 0.311. The van der Waals surface area contributed by atoms with E-state index in [2.05, 4.69) is 5.32 Å². The number of benzene rings is 1. The minimum absolute atomic E-state index is 0. The quantitative estimate of drug-likeness (QED) is 0.683. The van der Waals surface area contributed by atoms with Gasteiger partial charge in [0.1, 0.15) is 0 Å². The summed E-state index contributed by atoms with van der Waals surface area (Å²) in [5.74, 6) is 0. The molecule has 4 N–H and O–H groups in total. The molecule has 76 valence electrons. The predicted molar refractivity (Wildman–Crippen MR) is 60.9 cm³/mol. The summed E-state index contributed by atoms with van der Waals surface area (Å²) in [6, 6.07) is 7.47. The summed E-state index contributed by atoms with van der Waals surface area (Å²) in [4.78, 5) is 0. The lowest BCUT2D eigenvalue weighted by Crippen LogP contribution is -2.06. The molecule has 0 amide bonds. The van der Waals surface area contributed by atoms with Crippen molar-refractivity contribution in [3.05, 3.63) is 24.3 Å². The van der Waals surface area contributed by atoms with Crippen LogP contribution in [0.15, 0.2) is 24.3 Å². The number of rotatable bonds is 3. The van der Waals surface area contributed by atoms with Gasteiger partial charge in [0.05, 0.1) is 18.0 Å². The van der Waals surface area contributed by atoms with Crippen LogP contribution in [0.5, 0.6) is 0 Å². The van der Waals surface area contributed by atoms with Gasteiger partial charge in [-0.3, -0.25) is 0 Å². The van der Waals surface area contributed by atoms with E-state index in [0.29, 0.717) is 12.2 Å².